The monoisotopic (exact) mass is 313 g/mol. The quantitative estimate of drug-likeness (QED) is 0.825. The number of alkyl halides is 3. The fourth-order valence-corrected chi connectivity index (χ4v) is 1.84. The Morgan fingerprint density at radius 2 is 2.18 bits per heavy atom. The number of nitrogens with zero attached hydrogens (tertiary/aromatic N) is 1. The molecule has 1 aromatic carbocycles. The number of hydrogen-bond acceptors (Lipinski definition) is 3. The first-order valence-electron chi connectivity index (χ1n) is 6.01. The van der Waals surface area contributed by atoms with Gasteiger partial charge in [-0.1, -0.05) is 6.07 Å². The molecule has 116 valence electrons. The fraction of sp³-hybridized carbons (Fsp3) is 0.308. The lowest BCUT2D eigenvalue weighted by molar-refractivity contribution is -0.136. The molecule has 1 saturated heterocycles. The van der Waals surface area contributed by atoms with Crippen molar-refractivity contribution in [3.63, 3.8) is 0 Å². The average molecular weight is 313 g/mol. The molecule has 2 N–H and O–H groups in total. The molecule has 2 rings (SSSR count). The number of halogens is 3. The van der Waals surface area contributed by atoms with Crippen LogP contribution in [-0.2, 0) is 15.7 Å². The van der Waals surface area contributed by atoms with E-state index in [4.69, 9.17) is 6.57 Å². The minimum Gasteiger partial charge on any atom is -0.446 e. The van der Waals surface area contributed by atoms with Crippen molar-refractivity contribution in [3.05, 3.63) is 35.2 Å². The normalized spacial score (nSPS) is 20.8. The molecule has 0 bridgehead atoms. The van der Waals surface area contributed by atoms with Crippen LogP contribution in [0.5, 0.6) is 0 Å². The predicted octanol–water partition coefficient (Wildman–Crippen LogP) is 2.69. The molecular formula is C13H10F3N3O3. The van der Waals surface area contributed by atoms with Crippen LogP contribution in [0.15, 0.2) is 18.2 Å². The number of cyclic esters (lactones) is 1. The summed E-state index contributed by atoms with van der Waals surface area (Å²) < 4.78 is 43.2. The maximum absolute atomic E-state index is 12.8. The van der Waals surface area contributed by atoms with E-state index in [9.17, 15) is 22.8 Å². The molecule has 1 fully saturated rings. The van der Waals surface area contributed by atoms with E-state index in [0.717, 1.165) is 6.07 Å². The van der Waals surface area contributed by atoms with Crippen molar-refractivity contribution in [2.24, 2.45) is 0 Å². The van der Waals surface area contributed by atoms with E-state index in [2.05, 4.69) is 20.2 Å². The molecule has 1 atom stereocenters. The van der Waals surface area contributed by atoms with Gasteiger partial charge in [-0.2, -0.15) is 13.2 Å². The largest absolute Gasteiger partial charge is 0.446 e. The van der Waals surface area contributed by atoms with E-state index in [1.54, 1.807) is 0 Å². The summed E-state index contributed by atoms with van der Waals surface area (Å²) in [6, 6.07) is 2.82. The van der Waals surface area contributed by atoms with Crippen LogP contribution in [0.1, 0.15) is 12.5 Å². The number of hydrogen-bond donors (Lipinski definition) is 2. The molecule has 0 radical (unpaired) electrons. The molecule has 1 unspecified atom stereocenters. The highest BCUT2D eigenvalue weighted by Gasteiger charge is 2.42. The zero-order valence-electron chi connectivity index (χ0n) is 11.2. The first kappa shape index (κ1) is 15.6. The Morgan fingerprint density at radius 3 is 2.68 bits per heavy atom. The summed E-state index contributed by atoms with van der Waals surface area (Å²) in [4.78, 5) is 25.8. The maximum atomic E-state index is 12.8. The SMILES string of the molecule is [C-]#[N+]c1ccc(NC(=O)C2(C)COC(=O)N2)cc1C(F)(F)F. The number of carbonyl (C=O) groups excluding carboxylic acids is 2. The molecule has 0 aliphatic carbocycles. The van der Waals surface area contributed by atoms with Crippen molar-refractivity contribution in [1.82, 2.24) is 5.32 Å². The van der Waals surface area contributed by atoms with Crippen LogP contribution < -0.4 is 10.6 Å². The van der Waals surface area contributed by atoms with E-state index >= 15 is 0 Å². The Hall–Kier alpha value is -2.76. The van der Waals surface area contributed by atoms with Crippen molar-refractivity contribution < 1.29 is 27.5 Å². The zero-order valence-corrected chi connectivity index (χ0v) is 11.2. The lowest BCUT2D eigenvalue weighted by atomic mass is 10.0. The minimum absolute atomic E-state index is 0.132. The van der Waals surface area contributed by atoms with Gasteiger partial charge in [0.1, 0.15) is 6.61 Å². The van der Waals surface area contributed by atoms with Gasteiger partial charge >= 0.3 is 12.3 Å². The van der Waals surface area contributed by atoms with Crippen LogP contribution in [0.2, 0.25) is 0 Å². The summed E-state index contributed by atoms with van der Waals surface area (Å²) >= 11 is 0. The zero-order chi connectivity index (χ0) is 16.5. The van der Waals surface area contributed by atoms with Crippen LogP contribution in [0.4, 0.5) is 29.3 Å². The molecule has 0 spiro atoms. The Kier molecular flexibility index (Phi) is 3.70. The first-order chi connectivity index (χ1) is 10.2. The summed E-state index contributed by atoms with van der Waals surface area (Å²) in [7, 11) is 0. The molecule has 0 aromatic heterocycles. The van der Waals surface area contributed by atoms with E-state index in [-0.39, 0.29) is 12.3 Å². The number of benzene rings is 1. The third-order valence-corrected chi connectivity index (χ3v) is 3.05. The van der Waals surface area contributed by atoms with Gasteiger partial charge in [0.2, 0.25) is 0 Å². The molecule has 1 aliphatic rings. The molecular weight excluding hydrogens is 303 g/mol. The second kappa shape index (κ2) is 5.22. The smallest absolute Gasteiger partial charge is 0.408 e. The van der Waals surface area contributed by atoms with E-state index in [0.29, 0.717) is 6.07 Å². The summed E-state index contributed by atoms with van der Waals surface area (Å²) in [6.45, 7) is 7.89. The lowest BCUT2D eigenvalue weighted by Crippen LogP contribution is -2.51. The summed E-state index contributed by atoms with van der Waals surface area (Å²) in [5, 5.41) is 4.55. The van der Waals surface area contributed by atoms with Crippen LogP contribution in [-0.4, -0.2) is 24.1 Å². The van der Waals surface area contributed by atoms with Gasteiger partial charge in [-0.15, -0.1) is 0 Å². The highest BCUT2D eigenvalue weighted by Crippen LogP contribution is 2.38. The fourth-order valence-electron chi connectivity index (χ4n) is 1.84. The third kappa shape index (κ3) is 2.95. The molecule has 1 heterocycles. The molecule has 9 heteroatoms. The van der Waals surface area contributed by atoms with Gasteiger partial charge < -0.3 is 15.4 Å². The van der Waals surface area contributed by atoms with Gasteiger partial charge in [-0.05, 0) is 19.1 Å². The van der Waals surface area contributed by atoms with Gasteiger partial charge in [0.25, 0.3) is 5.91 Å². The molecule has 0 saturated carbocycles. The number of ether oxygens (including phenoxy) is 1. The molecule has 1 aliphatic heterocycles. The van der Waals surface area contributed by atoms with E-state index in [1.807, 2.05) is 0 Å². The van der Waals surface area contributed by atoms with Crippen LogP contribution in [0.25, 0.3) is 4.85 Å². The van der Waals surface area contributed by atoms with E-state index in [1.165, 1.54) is 13.0 Å². The number of amides is 2. The molecule has 1 aromatic rings. The summed E-state index contributed by atoms with van der Waals surface area (Å²) in [5.74, 6) is -0.720. The van der Waals surface area contributed by atoms with Gasteiger partial charge in [0.15, 0.2) is 11.2 Å². The van der Waals surface area contributed by atoms with Crippen molar-refractivity contribution in [2.45, 2.75) is 18.6 Å². The van der Waals surface area contributed by atoms with E-state index < -0.39 is 35.0 Å². The van der Waals surface area contributed by atoms with Gasteiger partial charge in [0.05, 0.1) is 12.1 Å². The minimum atomic E-state index is -4.71. The molecule has 6 nitrogen and oxygen atoms in total. The van der Waals surface area contributed by atoms with Crippen LogP contribution >= 0.6 is 0 Å². The highest BCUT2D eigenvalue weighted by molar-refractivity contribution is 6.01. The average Bonchev–Trinajstić information content (AvgIpc) is 2.79. The second-order valence-electron chi connectivity index (χ2n) is 4.83. The van der Waals surface area contributed by atoms with Crippen molar-refractivity contribution in [1.29, 1.82) is 0 Å². The Bertz CT molecular complexity index is 681. The predicted molar refractivity (Wildman–Crippen MR) is 69.2 cm³/mol. The number of carbonyl (C=O) groups is 2. The van der Waals surface area contributed by atoms with Crippen molar-refractivity contribution >= 4 is 23.4 Å². The van der Waals surface area contributed by atoms with Crippen LogP contribution in [0, 0.1) is 6.57 Å². The van der Waals surface area contributed by atoms with Gasteiger partial charge in [-0.25, -0.2) is 9.64 Å². The third-order valence-electron chi connectivity index (χ3n) is 3.05. The van der Waals surface area contributed by atoms with Gasteiger partial charge in [0, 0.05) is 5.69 Å². The van der Waals surface area contributed by atoms with Gasteiger partial charge in [-0.3, -0.25) is 4.79 Å². The molecule has 2 amide bonds. The highest BCUT2D eigenvalue weighted by atomic mass is 19.4. The number of anilines is 1. The Balaban J connectivity index is 2.26. The standard InChI is InChI=1S/C13H10F3N3O3/c1-12(6-22-11(21)19-12)10(20)18-7-3-4-9(17-2)8(5-7)13(14,15)16/h3-5H,6H2,1H3,(H,18,20)(H,19,21). The molecule has 22 heavy (non-hydrogen) atoms. The number of rotatable bonds is 2. The lowest BCUT2D eigenvalue weighted by Gasteiger charge is -2.20. The van der Waals surface area contributed by atoms with Crippen LogP contribution in [0.3, 0.4) is 0 Å². The number of nitrogens with one attached hydrogen (secondary N) is 2. The maximum Gasteiger partial charge on any atom is 0.408 e. The topological polar surface area (TPSA) is 71.8 Å². The van der Waals surface area contributed by atoms with Crippen molar-refractivity contribution in [3.8, 4) is 0 Å². The Labute approximate surface area is 123 Å². The Morgan fingerprint density at radius 1 is 1.50 bits per heavy atom. The second-order valence-corrected chi connectivity index (χ2v) is 4.83. The van der Waals surface area contributed by atoms with Crippen molar-refractivity contribution in [2.75, 3.05) is 11.9 Å². The summed E-state index contributed by atoms with van der Waals surface area (Å²) in [6.07, 6.45) is -5.49. The first-order valence-corrected chi connectivity index (χ1v) is 6.01. The number of alkyl carbamates (subject to hydrolysis) is 1. The summed E-state index contributed by atoms with van der Waals surface area (Å²) in [5.41, 5.74) is -3.20.